The average molecular weight is 357 g/mol. The van der Waals surface area contributed by atoms with E-state index in [4.69, 9.17) is 15.9 Å². The molecule has 2 amide bonds. The third-order valence-electron chi connectivity index (χ3n) is 3.13. The summed E-state index contributed by atoms with van der Waals surface area (Å²) in [6, 6.07) is -4.23. The van der Waals surface area contributed by atoms with Crippen LogP contribution in [0, 0.1) is 0 Å². The van der Waals surface area contributed by atoms with Crippen LogP contribution in [0.15, 0.2) is 12.5 Å². The second-order valence-corrected chi connectivity index (χ2v) is 5.11. The predicted molar refractivity (Wildman–Crippen MR) is 81.1 cm³/mol. The number of hydrogen-bond acceptors (Lipinski definition) is 7. The van der Waals surface area contributed by atoms with Crippen molar-refractivity contribution in [2.24, 2.45) is 5.73 Å². The zero-order chi connectivity index (χ0) is 19.0. The van der Waals surface area contributed by atoms with Gasteiger partial charge in [0, 0.05) is 12.6 Å². The van der Waals surface area contributed by atoms with Crippen molar-refractivity contribution in [3.63, 3.8) is 0 Å². The van der Waals surface area contributed by atoms with Crippen molar-refractivity contribution in [3.05, 3.63) is 18.2 Å². The van der Waals surface area contributed by atoms with Gasteiger partial charge in [0.2, 0.25) is 11.8 Å². The summed E-state index contributed by atoms with van der Waals surface area (Å²) >= 11 is 0. The van der Waals surface area contributed by atoms with Crippen LogP contribution >= 0.6 is 0 Å². The van der Waals surface area contributed by atoms with Crippen LogP contribution in [-0.2, 0) is 25.6 Å². The third kappa shape index (κ3) is 6.56. The Morgan fingerprint density at radius 2 is 1.80 bits per heavy atom. The number of carboxylic acids is 2. The van der Waals surface area contributed by atoms with Gasteiger partial charge >= 0.3 is 11.9 Å². The lowest BCUT2D eigenvalue weighted by molar-refractivity contribution is -0.143. The number of aromatic nitrogens is 2. The smallest absolute Gasteiger partial charge is 0.326 e. The van der Waals surface area contributed by atoms with Crippen LogP contribution in [0.1, 0.15) is 12.1 Å². The number of amides is 2. The minimum atomic E-state index is -1.48. The molecule has 0 aliphatic heterocycles. The normalized spacial score (nSPS) is 14.2. The molecular weight excluding hydrogens is 338 g/mol. The molecule has 8 N–H and O–H groups in total. The van der Waals surface area contributed by atoms with Gasteiger partial charge in [-0.1, -0.05) is 0 Å². The summed E-state index contributed by atoms with van der Waals surface area (Å²) in [5, 5.41) is 31.2. The van der Waals surface area contributed by atoms with Crippen LogP contribution in [0.4, 0.5) is 0 Å². The largest absolute Gasteiger partial charge is 0.481 e. The standard InChI is InChI=1S/C13H19N5O7/c14-7(2-10(20)21)11(22)18-9(4-19)12(23)17-8(13(24)25)1-6-3-15-5-16-6/h3,5,7-9,19H,1-2,4,14H2,(H,15,16)(H,17,23)(H,18,22)(H,20,21)(H,24,25)/t7-,8-,9-/m0/s1. The molecule has 1 heterocycles. The zero-order valence-corrected chi connectivity index (χ0v) is 13.0. The van der Waals surface area contributed by atoms with Gasteiger partial charge in [-0.15, -0.1) is 0 Å². The monoisotopic (exact) mass is 357 g/mol. The molecule has 12 heteroatoms. The Labute approximate surface area is 141 Å². The lowest BCUT2D eigenvalue weighted by atomic mass is 10.1. The number of rotatable bonds is 10. The number of aromatic amines is 1. The van der Waals surface area contributed by atoms with Crippen molar-refractivity contribution in [2.75, 3.05) is 6.61 Å². The fourth-order valence-electron chi connectivity index (χ4n) is 1.84. The van der Waals surface area contributed by atoms with Crippen molar-refractivity contribution < 1.29 is 34.5 Å². The van der Waals surface area contributed by atoms with Gasteiger partial charge in [0.25, 0.3) is 0 Å². The number of aliphatic hydroxyl groups is 1. The van der Waals surface area contributed by atoms with Crippen LogP contribution < -0.4 is 16.4 Å². The number of nitrogens with one attached hydrogen (secondary N) is 3. The number of carbonyl (C=O) groups is 4. The van der Waals surface area contributed by atoms with E-state index in [1.54, 1.807) is 0 Å². The average Bonchev–Trinajstić information content (AvgIpc) is 3.03. The van der Waals surface area contributed by atoms with Crippen LogP contribution in [0.3, 0.4) is 0 Å². The first kappa shape index (κ1) is 20.1. The van der Waals surface area contributed by atoms with Crippen molar-refractivity contribution >= 4 is 23.8 Å². The van der Waals surface area contributed by atoms with E-state index in [-0.39, 0.29) is 6.42 Å². The maximum Gasteiger partial charge on any atom is 0.326 e. The van der Waals surface area contributed by atoms with E-state index in [1.165, 1.54) is 12.5 Å². The Morgan fingerprint density at radius 3 is 2.28 bits per heavy atom. The fourth-order valence-corrected chi connectivity index (χ4v) is 1.84. The van der Waals surface area contributed by atoms with Gasteiger partial charge in [0.05, 0.1) is 31.1 Å². The number of aliphatic carboxylic acids is 2. The maximum atomic E-state index is 12.1. The number of carboxylic acid groups (broad SMARTS) is 2. The summed E-state index contributed by atoms with van der Waals surface area (Å²) < 4.78 is 0. The molecule has 0 radical (unpaired) electrons. The number of hydrogen-bond donors (Lipinski definition) is 7. The minimum absolute atomic E-state index is 0.116. The summed E-state index contributed by atoms with van der Waals surface area (Å²) in [4.78, 5) is 52.0. The highest BCUT2D eigenvalue weighted by Crippen LogP contribution is 2.00. The third-order valence-corrected chi connectivity index (χ3v) is 3.13. The Balaban J connectivity index is 2.68. The van der Waals surface area contributed by atoms with Gasteiger partial charge in [0.15, 0.2) is 0 Å². The fraction of sp³-hybridized carbons (Fsp3) is 0.462. The molecule has 3 atom stereocenters. The molecule has 0 aliphatic rings. The summed E-state index contributed by atoms with van der Waals surface area (Å²) in [5.74, 6) is -4.56. The Kier molecular flexibility index (Phi) is 7.49. The number of nitrogens with zero attached hydrogens (tertiary/aromatic N) is 1. The second-order valence-electron chi connectivity index (χ2n) is 5.11. The summed E-state index contributed by atoms with van der Waals surface area (Å²) in [6.45, 7) is -0.827. The molecule has 0 spiro atoms. The quantitative estimate of drug-likeness (QED) is 0.224. The molecule has 1 aromatic rings. The summed E-state index contributed by atoms with van der Waals surface area (Å²) in [6.07, 6.45) is 2.02. The molecule has 0 bridgehead atoms. The van der Waals surface area contributed by atoms with Crippen LogP contribution in [0.5, 0.6) is 0 Å². The van der Waals surface area contributed by atoms with E-state index >= 15 is 0 Å². The highest BCUT2D eigenvalue weighted by atomic mass is 16.4. The Morgan fingerprint density at radius 1 is 1.16 bits per heavy atom. The van der Waals surface area contributed by atoms with E-state index in [0.29, 0.717) is 5.69 Å². The molecule has 1 rings (SSSR count). The number of aliphatic hydroxyl groups excluding tert-OH is 1. The molecular formula is C13H19N5O7. The van der Waals surface area contributed by atoms with Gasteiger partial charge < -0.3 is 36.7 Å². The van der Waals surface area contributed by atoms with Crippen molar-refractivity contribution in [3.8, 4) is 0 Å². The molecule has 138 valence electrons. The zero-order valence-electron chi connectivity index (χ0n) is 13.0. The van der Waals surface area contributed by atoms with Gasteiger partial charge in [-0.05, 0) is 0 Å². The van der Waals surface area contributed by atoms with E-state index in [1.807, 2.05) is 0 Å². The van der Waals surface area contributed by atoms with Gasteiger partial charge in [-0.25, -0.2) is 9.78 Å². The van der Waals surface area contributed by atoms with Crippen molar-refractivity contribution in [1.82, 2.24) is 20.6 Å². The number of H-pyrrole nitrogens is 1. The SMILES string of the molecule is N[C@@H](CC(=O)O)C(=O)N[C@@H](CO)C(=O)N[C@@H](Cc1c[nH]cn1)C(=O)O. The summed E-state index contributed by atoms with van der Waals surface area (Å²) in [7, 11) is 0. The highest BCUT2D eigenvalue weighted by Gasteiger charge is 2.28. The van der Waals surface area contributed by atoms with Crippen molar-refractivity contribution in [2.45, 2.75) is 31.0 Å². The molecule has 12 nitrogen and oxygen atoms in total. The molecule has 0 saturated carbocycles. The maximum absolute atomic E-state index is 12.1. The first-order valence-corrected chi connectivity index (χ1v) is 7.14. The Hall–Kier alpha value is -2.99. The number of nitrogens with two attached hydrogens (primary N) is 1. The van der Waals surface area contributed by atoms with Gasteiger partial charge in [-0.3, -0.25) is 14.4 Å². The van der Waals surface area contributed by atoms with E-state index in [2.05, 4.69) is 20.6 Å². The van der Waals surface area contributed by atoms with E-state index in [0.717, 1.165) is 0 Å². The van der Waals surface area contributed by atoms with Gasteiger partial charge in [-0.2, -0.15) is 0 Å². The molecule has 25 heavy (non-hydrogen) atoms. The molecule has 0 aromatic carbocycles. The molecule has 0 aliphatic carbocycles. The van der Waals surface area contributed by atoms with Crippen LogP contribution in [0.25, 0.3) is 0 Å². The molecule has 1 aromatic heterocycles. The number of imidazole rings is 1. The number of carbonyl (C=O) groups excluding carboxylic acids is 2. The first-order valence-electron chi connectivity index (χ1n) is 7.14. The van der Waals surface area contributed by atoms with E-state index in [9.17, 15) is 24.3 Å². The Bertz CT molecular complexity index is 618. The van der Waals surface area contributed by atoms with Gasteiger partial charge in [0.1, 0.15) is 12.1 Å². The van der Waals surface area contributed by atoms with Crippen LogP contribution in [0.2, 0.25) is 0 Å². The minimum Gasteiger partial charge on any atom is -0.481 e. The molecule has 0 saturated heterocycles. The lowest BCUT2D eigenvalue weighted by Gasteiger charge is -2.20. The van der Waals surface area contributed by atoms with Crippen molar-refractivity contribution in [1.29, 1.82) is 0 Å². The topological polar surface area (TPSA) is 208 Å². The first-order chi connectivity index (χ1) is 11.7. The second kappa shape index (κ2) is 9.34. The molecule has 0 fully saturated rings. The highest BCUT2D eigenvalue weighted by molar-refractivity contribution is 5.93. The predicted octanol–water partition coefficient (Wildman–Crippen LogP) is -3.20. The summed E-state index contributed by atoms with van der Waals surface area (Å²) in [5.41, 5.74) is 5.74. The van der Waals surface area contributed by atoms with E-state index < -0.39 is 54.9 Å². The lowest BCUT2D eigenvalue weighted by Crippen LogP contribution is -2.56. The molecule has 0 unspecified atom stereocenters. The van der Waals surface area contributed by atoms with Crippen LogP contribution in [-0.4, -0.2) is 73.8 Å².